The zero-order valence-corrected chi connectivity index (χ0v) is 17.6. The van der Waals surface area contributed by atoms with Crippen LogP contribution in [-0.2, 0) is 0 Å². The SMILES string of the molecule is Br[C@@H](c1ccccc1)[Si](c1ccccc1)(c1ccccc1)c1ccccc1. The van der Waals surface area contributed by atoms with Crippen molar-refractivity contribution in [3.8, 4) is 0 Å². The Kier molecular flexibility index (Phi) is 5.37. The minimum absolute atomic E-state index is 0.221. The molecule has 0 spiro atoms. The molecule has 0 heterocycles. The average Bonchev–Trinajstić information content (AvgIpc) is 2.77. The smallest absolute Gasteiger partial charge is 0.0862 e. The lowest BCUT2D eigenvalue weighted by atomic mass is 10.2. The van der Waals surface area contributed by atoms with Crippen LogP contribution in [0.5, 0.6) is 0 Å². The second-order valence-corrected chi connectivity index (χ2v) is 12.4. The van der Waals surface area contributed by atoms with Gasteiger partial charge in [0.15, 0.2) is 8.07 Å². The number of alkyl halides is 1. The van der Waals surface area contributed by atoms with E-state index in [0.29, 0.717) is 0 Å². The number of benzene rings is 4. The Labute approximate surface area is 170 Å². The molecule has 2 heteroatoms. The molecule has 0 aliphatic heterocycles. The predicted octanol–water partition coefficient (Wildman–Crippen LogP) is 4.83. The summed E-state index contributed by atoms with van der Waals surface area (Å²) in [6.45, 7) is 0. The van der Waals surface area contributed by atoms with E-state index in [0.717, 1.165) is 0 Å². The molecule has 0 unspecified atom stereocenters. The summed E-state index contributed by atoms with van der Waals surface area (Å²) in [6, 6.07) is 43.8. The Bertz CT molecular complexity index is 873. The van der Waals surface area contributed by atoms with Crippen LogP contribution in [0.3, 0.4) is 0 Å². The molecular weight excluding hydrogens is 408 g/mol. The van der Waals surface area contributed by atoms with E-state index in [1.54, 1.807) is 0 Å². The summed E-state index contributed by atoms with van der Waals surface area (Å²) in [4.78, 5) is 0. The highest BCUT2D eigenvalue weighted by Crippen LogP contribution is 2.32. The molecule has 0 aliphatic rings. The molecule has 0 saturated heterocycles. The Morgan fingerprint density at radius 2 is 0.741 bits per heavy atom. The Morgan fingerprint density at radius 3 is 1.07 bits per heavy atom. The Balaban J connectivity index is 2.07. The maximum atomic E-state index is 4.18. The van der Waals surface area contributed by atoms with Crippen molar-refractivity contribution in [2.24, 2.45) is 0 Å². The minimum Gasteiger partial charge on any atom is -0.0862 e. The van der Waals surface area contributed by atoms with E-state index in [-0.39, 0.29) is 4.45 Å². The lowest BCUT2D eigenvalue weighted by Crippen LogP contribution is -2.69. The molecule has 4 aromatic rings. The van der Waals surface area contributed by atoms with E-state index in [2.05, 4.69) is 137 Å². The second-order valence-electron chi connectivity index (χ2n) is 6.68. The van der Waals surface area contributed by atoms with Crippen molar-refractivity contribution in [1.82, 2.24) is 0 Å². The van der Waals surface area contributed by atoms with Crippen molar-refractivity contribution in [3.63, 3.8) is 0 Å². The summed E-state index contributed by atoms with van der Waals surface area (Å²) in [5.74, 6) is 0. The molecule has 0 fully saturated rings. The van der Waals surface area contributed by atoms with Gasteiger partial charge in [-0.3, -0.25) is 0 Å². The van der Waals surface area contributed by atoms with Crippen LogP contribution in [-0.4, -0.2) is 8.07 Å². The molecule has 4 rings (SSSR count). The van der Waals surface area contributed by atoms with Gasteiger partial charge in [-0.15, -0.1) is 0 Å². The van der Waals surface area contributed by atoms with E-state index >= 15 is 0 Å². The van der Waals surface area contributed by atoms with Crippen molar-refractivity contribution in [2.45, 2.75) is 4.45 Å². The summed E-state index contributed by atoms with van der Waals surface area (Å²) >= 11 is 4.18. The van der Waals surface area contributed by atoms with Gasteiger partial charge in [0.2, 0.25) is 0 Å². The summed E-state index contributed by atoms with van der Waals surface area (Å²) in [6.07, 6.45) is 0. The number of hydrogen-bond acceptors (Lipinski definition) is 0. The number of halogens is 1. The van der Waals surface area contributed by atoms with Crippen LogP contribution in [0.1, 0.15) is 10.0 Å². The molecule has 132 valence electrons. The molecule has 0 nitrogen and oxygen atoms in total. The lowest BCUT2D eigenvalue weighted by Gasteiger charge is -2.38. The van der Waals surface area contributed by atoms with Crippen LogP contribution < -0.4 is 15.6 Å². The van der Waals surface area contributed by atoms with Crippen LogP contribution >= 0.6 is 15.9 Å². The van der Waals surface area contributed by atoms with Gasteiger partial charge in [-0.2, -0.15) is 0 Å². The van der Waals surface area contributed by atoms with Crippen molar-refractivity contribution in [1.29, 1.82) is 0 Å². The molecule has 0 amide bonds. The first-order valence-electron chi connectivity index (χ1n) is 9.19. The van der Waals surface area contributed by atoms with Crippen molar-refractivity contribution >= 4 is 39.6 Å². The molecule has 0 N–H and O–H groups in total. The normalized spacial score (nSPS) is 12.5. The maximum absolute atomic E-state index is 4.18. The van der Waals surface area contributed by atoms with Crippen molar-refractivity contribution in [2.75, 3.05) is 0 Å². The molecule has 4 aromatic carbocycles. The van der Waals surface area contributed by atoms with Crippen LogP contribution in [0.15, 0.2) is 121 Å². The van der Waals surface area contributed by atoms with E-state index < -0.39 is 8.07 Å². The fourth-order valence-corrected chi connectivity index (χ4v) is 11.3. The first kappa shape index (κ1) is 18.0. The van der Waals surface area contributed by atoms with Crippen LogP contribution in [0, 0.1) is 0 Å². The van der Waals surface area contributed by atoms with Gasteiger partial charge in [0.05, 0.1) is 0 Å². The average molecular weight is 429 g/mol. The Morgan fingerprint density at radius 1 is 0.444 bits per heavy atom. The van der Waals surface area contributed by atoms with Gasteiger partial charge >= 0.3 is 0 Å². The van der Waals surface area contributed by atoms with Gasteiger partial charge in [-0.25, -0.2) is 0 Å². The zero-order valence-electron chi connectivity index (χ0n) is 15.0. The van der Waals surface area contributed by atoms with Gasteiger partial charge in [0, 0.05) is 4.45 Å². The summed E-state index contributed by atoms with van der Waals surface area (Å²) < 4.78 is 0.221. The molecule has 0 aromatic heterocycles. The molecule has 0 radical (unpaired) electrons. The van der Waals surface area contributed by atoms with E-state index in [4.69, 9.17) is 0 Å². The van der Waals surface area contributed by atoms with E-state index in [9.17, 15) is 0 Å². The van der Waals surface area contributed by atoms with Crippen LogP contribution in [0.25, 0.3) is 0 Å². The predicted molar refractivity (Wildman–Crippen MR) is 122 cm³/mol. The highest BCUT2D eigenvalue weighted by atomic mass is 79.9. The fourth-order valence-electron chi connectivity index (χ4n) is 3.91. The summed E-state index contributed by atoms with van der Waals surface area (Å²) in [5.41, 5.74) is 1.32. The minimum atomic E-state index is -2.35. The zero-order chi connectivity index (χ0) is 18.5. The molecule has 0 aliphatic carbocycles. The third-order valence-corrected chi connectivity index (χ3v) is 12.6. The molecular formula is C25H21BrSi. The highest BCUT2D eigenvalue weighted by Gasteiger charge is 2.45. The number of rotatable bonds is 5. The van der Waals surface area contributed by atoms with Gasteiger partial charge < -0.3 is 0 Å². The fraction of sp³-hybridized carbons (Fsp3) is 0.0400. The third-order valence-electron chi connectivity index (χ3n) is 5.16. The maximum Gasteiger partial charge on any atom is 0.166 e. The number of hydrogen-bond donors (Lipinski definition) is 0. The van der Waals surface area contributed by atoms with Crippen LogP contribution in [0.2, 0.25) is 0 Å². The molecule has 0 saturated carbocycles. The van der Waals surface area contributed by atoms with E-state index in [1.165, 1.54) is 21.1 Å². The standard InChI is InChI=1S/C25H21BrSi/c26-25(21-13-5-1-6-14-21)27(22-15-7-2-8-16-22,23-17-9-3-10-18-23)24-19-11-4-12-20-24/h1-20,25H/t25-/m1/s1. The van der Waals surface area contributed by atoms with Crippen LogP contribution in [0.4, 0.5) is 0 Å². The topological polar surface area (TPSA) is 0 Å². The van der Waals surface area contributed by atoms with Crippen molar-refractivity contribution < 1.29 is 0 Å². The molecule has 1 atom stereocenters. The van der Waals surface area contributed by atoms with E-state index in [1.807, 2.05) is 0 Å². The van der Waals surface area contributed by atoms with Crippen molar-refractivity contribution in [3.05, 3.63) is 127 Å². The third kappa shape index (κ3) is 3.31. The second kappa shape index (κ2) is 8.08. The first-order chi connectivity index (χ1) is 13.3. The monoisotopic (exact) mass is 428 g/mol. The first-order valence-corrected chi connectivity index (χ1v) is 12.2. The van der Waals surface area contributed by atoms with Gasteiger partial charge in [-0.1, -0.05) is 137 Å². The highest BCUT2D eigenvalue weighted by molar-refractivity contribution is 9.10. The Hall–Kier alpha value is -2.42. The van der Waals surface area contributed by atoms with Gasteiger partial charge in [-0.05, 0) is 21.1 Å². The summed E-state index contributed by atoms with van der Waals surface area (Å²) in [5, 5.41) is 4.23. The van der Waals surface area contributed by atoms with Gasteiger partial charge in [0.1, 0.15) is 0 Å². The largest absolute Gasteiger partial charge is 0.166 e. The molecule has 27 heavy (non-hydrogen) atoms. The lowest BCUT2D eigenvalue weighted by molar-refractivity contribution is 1.33. The molecule has 0 bridgehead atoms. The quantitative estimate of drug-likeness (QED) is 0.242. The summed E-state index contributed by atoms with van der Waals surface area (Å²) in [7, 11) is -2.35. The van der Waals surface area contributed by atoms with Gasteiger partial charge in [0.25, 0.3) is 0 Å².